The molecule has 0 saturated carbocycles. The number of aliphatic hydroxyl groups is 1. The first-order valence-corrected chi connectivity index (χ1v) is 7.60. The molecule has 1 atom stereocenters. The molecule has 1 aliphatic rings. The molecule has 0 aliphatic carbocycles. The lowest BCUT2D eigenvalue weighted by atomic mass is 10.1. The maximum atomic E-state index is 11.9. The van der Waals surface area contributed by atoms with Gasteiger partial charge in [-0.05, 0) is 30.7 Å². The van der Waals surface area contributed by atoms with Crippen molar-refractivity contribution in [3.8, 4) is 0 Å². The Morgan fingerprint density at radius 3 is 2.59 bits per heavy atom. The number of anilines is 1. The minimum Gasteiger partial charge on any atom is -0.394 e. The first-order valence-electron chi connectivity index (χ1n) is 7.60. The number of nitrogens with zero attached hydrogens (tertiary/aromatic N) is 2. The Morgan fingerprint density at radius 1 is 1.36 bits per heavy atom. The van der Waals surface area contributed by atoms with E-state index in [1.54, 1.807) is 13.1 Å². The number of benzene rings is 1. The van der Waals surface area contributed by atoms with Crippen LogP contribution in [0.3, 0.4) is 0 Å². The van der Waals surface area contributed by atoms with Crippen molar-refractivity contribution in [2.24, 2.45) is 0 Å². The molecule has 0 spiro atoms. The van der Waals surface area contributed by atoms with Crippen molar-refractivity contribution in [1.82, 2.24) is 4.90 Å². The van der Waals surface area contributed by atoms with E-state index in [4.69, 9.17) is 9.84 Å². The molecule has 1 aromatic carbocycles. The summed E-state index contributed by atoms with van der Waals surface area (Å²) in [4.78, 5) is 15.8. The third kappa shape index (κ3) is 4.32. The third-order valence-corrected chi connectivity index (χ3v) is 3.96. The zero-order valence-corrected chi connectivity index (χ0v) is 13.2. The molecule has 1 aliphatic heterocycles. The average molecular weight is 304 g/mol. The largest absolute Gasteiger partial charge is 0.394 e. The molecule has 1 unspecified atom stereocenters. The van der Waals surface area contributed by atoms with Gasteiger partial charge in [-0.15, -0.1) is 0 Å². The second kappa shape index (κ2) is 7.96. The lowest BCUT2D eigenvalue weighted by Crippen LogP contribution is -2.36. The van der Waals surface area contributed by atoms with Gasteiger partial charge in [-0.2, -0.15) is 0 Å². The first-order chi connectivity index (χ1) is 10.6. The van der Waals surface area contributed by atoms with Crippen LogP contribution in [-0.4, -0.2) is 61.9 Å². The highest BCUT2D eigenvalue weighted by Gasteiger charge is 2.12. The number of hydrogen-bond donors (Lipinski definition) is 1. The fraction of sp³-hybridized carbons (Fsp3) is 0.471. The van der Waals surface area contributed by atoms with Gasteiger partial charge in [0.05, 0.1) is 25.9 Å². The molecular formula is C17H24N2O3. The third-order valence-electron chi connectivity index (χ3n) is 3.96. The van der Waals surface area contributed by atoms with Crippen molar-refractivity contribution in [1.29, 1.82) is 0 Å². The Labute approximate surface area is 131 Å². The lowest BCUT2D eigenvalue weighted by Gasteiger charge is -2.28. The molecule has 0 aromatic heterocycles. The second-order valence-corrected chi connectivity index (χ2v) is 5.51. The van der Waals surface area contributed by atoms with Gasteiger partial charge >= 0.3 is 0 Å². The van der Waals surface area contributed by atoms with E-state index in [1.165, 1.54) is 16.7 Å². The highest BCUT2D eigenvalue weighted by atomic mass is 16.5. The van der Waals surface area contributed by atoms with Crippen LogP contribution in [0.15, 0.2) is 30.3 Å². The molecule has 1 saturated heterocycles. The van der Waals surface area contributed by atoms with Gasteiger partial charge in [-0.1, -0.05) is 12.1 Å². The van der Waals surface area contributed by atoms with Crippen LogP contribution in [0.4, 0.5) is 5.69 Å². The summed E-state index contributed by atoms with van der Waals surface area (Å²) in [6.07, 6.45) is 3.34. The van der Waals surface area contributed by atoms with E-state index in [-0.39, 0.29) is 18.6 Å². The topological polar surface area (TPSA) is 53.0 Å². The van der Waals surface area contributed by atoms with Crippen LogP contribution in [0.25, 0.3) is 6.08 Å². The van der Waals surface area contributed by atoms with Crippen LogP contribution >= 0.6 is 0 Å². The Hall–Kier alpha value is -1.85. The monoisotopic (exact) mass is 304 g/mol. The van der Waals surface area contributed by atoms with E-state index in [0.717, 1.165) is 31.9 Å². The number of morpholine rings is 1. The van der Waals surface area contributed by atoms with Crippen LogP contribution in [0.5, 0.6) is 0 Å². The van der Waals surface area contributed by atoms with Crippen molar-refractivity contribution < 1.29 is 14.6 Å². The van der Waals surface area contributed by atoms with Crippen molar-refractivity contribution >= 4 is 17.7 Å². The minimum atomic E-state index is -0.180. The molecule has 0 bridgehead atoms. The Morgan fingerprint density at radius 2 is 2.00 bits per heavy atom. The summed E-state index contributed by atoms with van der Waals surface area (Å²) in [6, 6.07) is 7.96. The molecular weight excluding hydrogens is 280 g/mol. The van der Waals surface area contributed by atoms with Crippen molar-refractivity contribution in [3.63, 3.8) is 0 Å². The fourth-order valence-corrected chi connectivity index (χ4v) is 2.24. The van der Waals surface area contributed by atoms with Crippen LogP contribution in [-0.2, 0) is 9.53 Å². The lowest BCUT2D eigenvalue weighted by molar-refractivity contribution is -0.127. The molecule has 5 nitrogen and oxygen atoms in total. The zero-order chi connectivity index (χ0) is 15.9. The number of aliphatic hydroxyl groups excluding tert-OH is 1. The zero-order valence-electron chi connectivity index (χ0n) is 13.2. The number of hydrogen-bond acceptors (Lipinski definition) is 4. The summed E-state index contributed by atoms with van der Waals surface area (Å²) in [5.41, 5.74) is 2.16. The summed E-state index contributed by atoms with van der Waals surface area (Å²) < 4.78 is 5.35. The predicted molar refractivity (Wildman–Crippen MR) is 87.8 cm³/mol. The van der Waals surface area contributed by atoms with Gasteiger partial charge < -0.3 is 19.6 Å². The minimum absolute atomic E-state index is 0.0374. The molecule has 1 heterocycles. The average Bonchev–Trinajstić information content (AvgIpc) is 2.59. The number of amides is 1. The van der Waals surface area contributed by atoms with Crippen molar-refractivity contribution in [3.05, 3.63) is 35.9 Å². The predicted octanol–water partition coefficient (Wildman–Crippen LogP) is 1.38. The maximum Gasteiger partial charge on any atom is 0.246 e. The van der Waals surface area contributed by atoms with Gasteiger partial charge in [0.25, 0.3) is 0 Å². The van der Waals surface area contributed by atoms with Crippen molar-refractivity contribution in [2.45, 2.75) is 13.0 Å². The summed E-state index contributed by atoms with van der Waals surface area (Å²) in [5, 5.41) is 9.06. The first kappa shape index (κ1) is 16.5. The van der Waals surface area contributed by atoms with E-state index >= 15 is 0 Å². The van der Waals surface area contributed by atoms with Gasteiger partial charge in [0.1, 0.15) is 0 Å². The molecule has 1 N–H and O–H groups in total. The molecule has 1 amide bonds. The highest BCUT2D eigenvalue weighted by molar-refractivity contribution is 5.91. The summed E-state index contributed by atoms with van der Waals surface area (Å²) >= 11 is 0. The quantitative estimate of drug-likeness (QED) is 0.835. The van der Waals surface area contributed by atoms with Gasteiger partial charge in [-0.3, -0.25) is 4.79 Å². The molecule has 22 heavy (non-hydrogen) atoms. The smallest absolute Gasteiger partial charge is 0.246 e. The Balaban J connectivity index is 1.95. The maximum absolute atomic E-state index is 11.9. The fourth-order valence-electron chi connectivity index (χ4n) is 2.24. The Bertz CT molecular complexity index is 507. The normalized spacial score (nSPS) is 16.8. The molecule has 1 aromatic rings. The van der Waals surface area contributed by atoms with Gasteiger partial charge in [0.2, 0.25) is 5.91 Å². The van der Waals surface area contributed by atoms with E-state index in [1.807, 2.05) is 19.1 Å². The van der Waals surface area contributed by atoms with E-state index in [0.29, 0.717) is 0 Å². The number of carbonyl (C=O) groups excluding carboxylic acids is 1. The summed E-state index contributed by atoms with van der Waals surface area (Å²) in [5.74, 6) is -0.112. The molecule has 120 valence electrons. The summed E-state index contributed by atoms with van der Waals surface area (Å²) in [6.45, 7) is 5.14. The Kier molecular flexibility index (Phi) is 5.98. The van der Waals surface area contributed by atoms with Gasteiger partial charge in [-0.25, -0.2) is 0 Å². The summed E-state index contributed by atoms with van der Waals surface area (Å²) in [7, 11) is 1.69. The van der Waals surface area contributed by atoms with Crippen LogP contribution in [0.2, 0.25) is 0 Å². The van der Waals surface area contributed by atoms with Crippen LogP contribution < -0.4 is 4.90 Å². The number of ether oxygens (including phenoxy) is 1. The number of carbonyl (C=O) groups is 1. The highest BCUT2D eigenvalue weighted by Crippen LogP contribution is 2.17. The van der Waals surface area contributed by atoms with E-state index < -0.39 is 0 Å². The molecule has 1 fully saturated rings. The van der Waals surface area contributed by atoms with E-state index in [9.17, 15) is 4.79 Å². The standard InChI is InChI=1S/C17H24N2O3/c1-14(13-20)18(2)17(21)8-5-15-3-6-16(7-4-15)19-9-11-22-12-10-19/h3-8,14,20H,9-13H2,1-2H3/b8-5+. The van der Waals surface area contributed by atoms with Gasteiger partial charge in [0.15, 0.2) is 0 Å². The van der Waals surface area contributed by atoms with Crippen LogP contribution in [0.1, 0.15) is 12.5 Å². The molecule has 0 radical (unpaired) electrons. The van der Waals surface area contributed by atoms with Crippen LogP contribution in [0, 0.1) is 0 Å². The SMILES string of the molecule is CC(CO)N(C)C(=O)/C=C/c1ccc(N2CCOCC2)cc1. The number of rotatable bonds is 5. The number of likely N-dealkylation sites (N-methyl/N-ethyl adjacent to an activating group) is 1. The van der Waals surface area contributed by atoms with E-state index in [2.05, 4.69) is 17.0 Å². The molecule has 5 heteroatoms. The van der Waals surface area contributed by atoms with Crippen molar-refractivity contribution in [2.75, 3.05) is 44.9 Å². The van der Waals surface area contributed by atoms with Gasteiger partial charge in [0, 0.05) is 31.9 Å². The molecule has 2 rings (SSSR count). The second-order valence-electron chi connectivity index (χ2n) is 5.51.